The number of benzene rings is 1. The molecule has 1 aromatic heterocycles. The number of nitriles is 1. The highest BCUT2D eigenvalue weighted by molar-refractivity contribution is 8.00. The highest BCUT2D eigenvalue weighted by Crippen LogP contribution is 2.40. The summed E-state index contributed by atoms with van der Waals surface area (Å²) in [6.07, 6.45) is 10.8. The van der Waals surface area contributed by atoms with Crippen LogP contribution in [0, 0.1) is 11.3 Å². The summed E-state index contributed by atoms with van der Waals surface area (Å²) in [4.78, 5) is 17.3. The van der Waals surface area contributed by atoms with Crippen molar-refractivity contribution in [3.05, 3.63) is 70.4 Å². The van der Waals surface area contributed by atoms with Gasteiger partial charge in [-0.3, -0.25) is 4.79 Å². The van der Waals surface area contributed by atoms with E-state index in [1.54, 1.807) is 0 Å². The van der Waals surface area contributed by atoms with E-state index in [1.165, 1.54) is 22.9 Å². The number of thioether (sulfide) groups is 1. The SMILES string of the molecule is N#Cc1c(SCC(=O)c2ccccc2)nc2c(c1[C@H]1CC=CCC1)CCC2. The lowest BCUT2D eigenvalue weighted by molar-refractivity contribution is 0.102. The topological polar surface area (TPSA) is 53.8 Å². The number of carbonyl (C=O) groups excluding carboxylic acids is 1. The van der Waals surface area contributed by atoms with Crippen molar-refractivity contribution in [3.63, 3.8) is 0 Å². The van der Waals surface area contributed by atoms with E-state index in [9.17, 15) is 10.1 Å². The molecular weight excluding hydrogens is 352 g/mol. The van der Waals surface area contributed by atoms with E-state index in [-0.39, 0.29) is 5.78 Å². The van der Waals surface area contributed by atoms with Crippen LogP contribution < -0.4 is 0 Å². The molecule has 3 nitrogen and oxygen atoms in total. The van der Waals surface area contributed by atoms with Crippen LogP contribution in [0.15, 0.2) is 47.5 Å². The van der Waals surface area contributed by atoms with E-state index in [1.807, 2.05) is 30.3 Å². The maximum atomic E-state index is 12.5. The Morgan fingerprint density at radius 2 is 2.07 bits per heavy atom. The fourth-order valence-corrected chi connectivity index (χ4v) is 5.06. The molecule has 136 valence electrons. The monoisotopic (exact) mass is 374 g/mol. The van der Waals surface area contributed by atoms with Gasteiger partial charge in [0.05, 0.1) is 11.3 Å². The molecule has 2 aliphatic carbocycles. The molecule has 0 spiro atoms. The molecule has 2 aromatic rings. The van der Waals surface area contributed by atoms with E-state index < -0.39 is 0 Å². The lowest BCUT2D eigenvalue weighted by Gasteiger charge is -2.23. The fraction of sp³-hybridized carbons (Fsp3) is 0.348. The number of aryl methyl sites for hydroxylation is 1. The predicted molar refractivity (Wildman–Crippen MR) is 108 cm³/mol. The average Bonchev–Trinajstić information content (AvgIpc) is 3.20. The number of pyridine rings is 1. The molecule has 27 heavy (non-hydrogen) atoms. The first-order chi connectivity index (χ1) is 13.3. The number of Topliss-reactive ketones (excluding diaryl/α,β-unsaturated/α-hetero) is 1. The molecule has 0 bridgehead atoms. The van der Waals surface area contributed by atoms with E-state index in [4.69, 9.17) is 4.98 Å². The van der Waals surface area contributed by atoms with Gasteiger partial charge < -0.3 is 0 Å². The Hall–Kier alpha value is -2.38. The molecule has 0 amide bonds. The van der Waals surface area contributed by atoms with Crippen LogP contribution >= 0.6 is 11.8 Å². The van der Waals surface area contributed by atoms with Gasteiger partial charge >= 0.3 is 0 Å². The third-order valence-electron chi connectivity index (χ3n) is 5.46. The highest BCUT2D eigenvalue weighted by Gasteiger charge is 2.28. The van der Waals surface area contributed by atoms with Crippen LogP contribution in [0.3, 0.4) is 0 Å². The number of aromatic nitrogens is 1. The molecular formula is C23H22N2OS. The first-order valence-electron chi connectivity index (χ1n) is 9.59. The van der Waals surface area contributed by atoms with E-state index in [0.29, 0.717) is 22.8 Å². The number of nitrogens with zero attached hydrogens (tertiary/aromatic N) is 2. The van der Waals surface area contributed by atoms with Crippen LogP contribution in [-0.2, 0) is 12.8 Å². The van der Waals surface area contributed by atoms with Gasteiger partial charge in [0.25, 0.3) is 0 Å². The Kier molecular flexibility index (Phi) is 5.40. The van der Waals surface area contributed by atoms with Crippen molar-refractivity contribution in [2.75, 3.05) is 5.75 Å². The quantitative estimate of drug-likeness (QED) is 0.408. The third kappa shape index (κ3) is 3.70. The van der Waals surface area contributed by atoms with E-state index in [2.05, 4.69) is 18.2 Å². The number of hydrogen-bond donors (Lipinski definition) is 0. The van der Waals surface area contributed by atoms with Crippen LogP contribution in [-0.4, -0.2) is 16.5 Å². The molecule has 1 atom stereocenters. The molecule has 0 saturated carbocycles. The standard InChI is InChI=1S/C23H22N2OS/c24-14-19-22(17-10-5-2-6-11-17)18-12-7-13-20(18)25-23(19)27-15-21(26)16-8-3-1-4-9-16/h1-5,8-9,17H,6-7,10-13,15H2/t17-/m0/s1. The molecule has 0 radical (unpaired) electrons. The van der Waals surface area contributed by atoms with Crippen LogP contribution in [0.25, 0.3) is 0 Å². The van der Waals surface area contributed by atoms with Crippen molar-refractivity contribution < 1.29 is 4.79 Å². The minimum absolute atomic E-state index is 0.0777. The number of fused-ring (bicyclic) bond motifs is 1. The summed E-state index contributed by atoms with van der Waals surface area (Å²) in [7, 11) is 0. The first kappa shape index (κ1) is 18.0. The van der Waals surface area contributed by atoms with Gasteiger partial charge in [-0.05, 0) is 55.6 Å². The third-order valence-corrected chi connectivity index (χ3v) is 6.43. The number of carbonyl (C=O) groups is 1. The van der Waals surface area contributed by atoms with Gasteiger partial charge in [0.1, 0.15) is 11.1 Å². The van der Waals surface area contributed by atoms with Crippen LogP contribution in [0.2, 0.25) is 0 Å². The fourth-order valence-electron chi connectivity index (χ4n) is 4.15. The maximum Gasteiger partial charge on any atom is 0.173 e. The maximum absolute atomic E-state index is 12.5. The molecule has 1 heterocycles. The number of hydrogen-bond acceptors (Lipinski definition) is 4. The number of allylic oxidation sites excluding steroid dienone is 2. The van der Waals surface area contributed by atoms with Crippen LogP contribution in [0.1, 0.15) is 64.3 Å². The summed E-state index contributed by atoms with van der Waals surface area (Å²) >= 11 is 1.42. The summed E-state index contributed by atoms with van der Waals surface area (Å²) in [5.41, 5.74) is 5.10. The van der Waals surface area contributed by atoms with E-state index in [0.717, 1.165) is 49.2 Å². The molecule has 4 heteroatoms. The average molecular weight is 375 g/mol. The van der Waals surface area contributed by atoms with Crippen molar-refractivity contribution in [1.29, 1.82) is 5.26 Å². The van der Waals surface area contributed by atoms with Crippen molar-refractivity contribution in [3.8, 4) is 6.07 Å². The van der Waals surface area contributed by atoms with Crippen molar-refractivity contribution in [2.45, 2.75) is 49.5 Å². The zero-order chi connectivity index (χ0) is 18.6. The minimum atomic E-state index is 0.0777. The zero-order valence-corrected chi connectivity index (χ0v) is 16.1. The Bertz CT molecular complexity index is 928. The molecule has 0 N–H and O–H groups in total. The van der Waals surface area contributed by atoms with Gasteiger partial charge in [-0.2, -0.15) is 5.26 Å². The Labute approximate surface area is 164 Å². The zero-order valence-electron chi connectivity index (χ0n) is 15.3. The molecule has 2 aliphatic rings. The van der Waals surface area contributed by atoms with Crippen molar-refractivity contribution in [2.24, 2.45) is 0 Å². The molecule has 0 fully saturated rings. The smallest absolute Gasteiger partial charge is 0.173 e. The minimum Gasteiger partial charge on any atom is -0.293 e. The lowest BCUT2D eigenvalue weighted by atomic mass is 9.83. The highest BCUT2D eigenvalue weighted by atomic mass is 32.2. The molecule has 0 unspecified atom stereocenters. The molecule has 0 aliphatic heterocycles. The summed E-state index contributed by atoms with van der Waals surface area (Å²) < 4.78 is 0. The van der Waals surface area contributed by atoms with Crippen LogP contribution in [0.4, 0.5) is 0 Å². The van der Waals surface area contributed by atoms with Gasteiger partial charge in [-0.1, -0.05) is 54.2 Å². The normalized spacial score (nSPS) is 18.1. The second-order valence-corrected chi connectivity index (χ2v) is 8.12. The largest absolute Gasteiger partial charge is 0.293 e. The second-order valence-electron chi connectivity index (χ2n) is 7.16. The summed E-state index contributed by atoms with van der Waals surface area (Å²) in [6.45, 7) is 0. The summed E-state index contributed by atoms with van der Waals surface area (Å²) in [6, 6.07) is 11.8. The van der Waals surface area contributed by atoms with Crippen molar-refractivity contribution in [1.82, 2.24) is 4.98 Å². The van der Waals surface area contributed by atoms with Gasteiger partial charge in [-0.25, -0.2) is 4.98 Å². The molecule has 4 rings (SSSR count). The Morgan fingerprint density at radius 3 is 2.81 bits per heavy atom. The molecule has 0 saturated heterocycles. The summed E-state index contributed by atoms with van der Waals surface area (Å²) in [5.74, 6) is 0.798. The second kappa shape index (κ2) is 8.10. The van der Waals surface area contributed by atoms with Gasteiger partial charge in [0.15, 0.2) is 5.78 Å². The van der Waals surface area contributed by atoms with Gasteiger partial charge in [0.2, 0.25) is 0 Å². The molecule has 1 aromatic carbocycles. The van der Waals surface area contributed by atoms with E-state index >= 15 is 0 Å². The number of ketones is 1. The predicted octanol–water partition coefficient (Wildman–Crippen LogP) is 5.24. The summed E-state index contributed by atoms with van der Waals surface area (Å²) in [5, 5.41) is 10.7. The Morgan fingerprint density at radius 1 is 1.22 bits per heavy atom. The lowest BCUT2D eigenvalue weighted by Crippen LogP contribution is -2.11. The van der Waals surface area contributed by atoms with Gasteiger partial charge in [0, 0.05) is 11.3 Å². The van der Waals surface area contributed by atoms with Gasteiger partial charge in [-0.15, -0.1) is 0 Å². The first-order valence-corrected chi connectivity index (χ1v) is 10.6. The number of rotatable bonds is 5. The van der Waals surface area contributed by atoms with Crippen LogP contribution in [0.5, 0.6) is 0 Å². The Balaban J connectivity index is 1.66. The van der Waals surface area contributed by atoms with Crippen molar-refractivity contribution >= 4 is 17.5 Å².